The lowest BCUT2D eigenvalue weighted by atomic mass is 10.1. The molecule has 0 aliphatic rings. The lowest BCUT2D eigenvalue weighted by Crippen LogP contribution is -2.43. The highest BCUT2D eigenvalue weighted by Crippen LogP contribution is 2.19. The zero-order valence-corrected chi connectivity index (χ0v) is 21.3. The Morgan fingerprint density at radius 1 is 1.03 bits per heavy atom. The smallest absolute Gasteiger partial charge is 0.407 e. The second-order valence-electron chi connectivity index (χ2n) is 10.0. The van der Waals surface area contributed by atoms with Crippen LogP contribution in [-0.2, 0) is 20.8 Å². The van der Waals surface area contributed by atoms with Gasteiger partial charge >= 0.3 is 12.1 Å². The van der Waals surface area contributed by atoms with Gasteiger partial charge in [-0.15, -0.1) is 10.2 Å². The van der Waals surface area contributed by atoms with E-state index in [1.165, 1.54) is 4.80 Å². The first-order chi connectivity index (χ1) is 15.8. The standard InChI is InChI=1S/C24H37N5O5/c1-8-9-14-32-19-12-10-17(11-13-19)21-26-28-29(27-21)16-18(15-20(30)33-23(2,3)4)25-22(31)34-24(5,6)7/h10-13,18H,8-9,14-16H2,1-7H3,(H,25,31). The lowest BCUT2D eigenvalue weighted by Gasteiger charge is -2.24. The number of nitrogens with one attached hydrogen (secondary N) is 1. The van der Waals surface area contributed by atoms with Gasteiger partial charge in [0.2, 0.25) is 5.82 Å². The van der Waals surface area contributed by atoms with Crippen LogP contribution in [0.15, 0.2) is 24.3 Å². The molecule has 1 aromatic carbocycles. The molecule has 0 spiro atoms. The molecule has 10 nitrogen and oxygen atoms in total. The van der Waals surface area contributed by atoms with Gasteiger partial charge in [0, 0.05) is 5.56 Å². The molecular formula is C24H37N5O5. The molecule has 0 fully saturated rings. The quantitative estimate of drug-likeness (QED) is 0.402. The molecule has 0 saturated heterocycles. The maximum absolute atomic E-state index is 12.4. The fourth-order valence-electron chi connectivity index (χ4n) is 2.89. The number of rotatable bonds is 10. The Labute approximate surface area is 201 Å². The van der Waals surface area contributed by atoms with E-state index in [0.717, 1.165) is 24.2 Å². The van der Waals surface area contributed by atoms with Crippen molar-refractivity contribution in [3.63, 3.8) is 0 Å². The van der Waals surface area contributed by atoms with Crippen molar-refractivity contribution in [2.24, 2.45) is 0 Å². The monoisotopic (exact) mass is 475 g/mol. The molecule has 0 bridgehead atoms. The number of esters is 1. The van der Waals surface area contributed by atoms with E-state index in [9.17, 15) is 9.59 Å². The van der Waals surface area contributed by atoms with E-state index in [4.69, 9.17) is 14.2 Å². The Bertz CT molecular complexity index is 898. The average Bonchev–Trinajstić information content (AvgIpc) is 3.14. The fourth-order valence-corrected chi connectivity index (χ4v) is 2.89. The van der Waals surface area contributed by atoms with Crippen molar-refractivity contribution in [2.45, 2.75) is 91.5 Å². The summed E-state index contributed by atoms with van der Waals surface area (Å²) in [6.07, 6.45) is 1.36. The van der Waals surface area contributed by atoms with Gasteiger partial charge in [0.05, 0.1) is 25.6 Å². The normalized spacial score (nSPS) is 12.7. The van der Waals surface area contributed by atoms with E-state index in [1.807, 2.05) is 24.3 Å². The van der Waals surface area contributed by atoms with Crippen molar-refractivity contribution in [3.8, 4) is 17.1 Å². The number of hydrogen-bond donors (Lipinski definition) is 1. The zero-order valence-electron chi connectivity index (χ0n) is 21.3. The molecule has 1 amide bonds. The van der Waals surface area contributed by atoms with Crippen molar-refractivity contribution < 1.29 is 23.8 Å². The third-order valence-electron chi connectivity index (χ3n) is 4.27. The van der Waals surface area contributed by atoms with Gasteiger partial charge < -0.3 is 19.5 Å². The number of carbonyl (C=O) groups is 2. The van der Waals surface area contributed by atoms with Crippen molar-refractivity contribution >= 4 is 12.1 Å². The summed E-state index contributed by atoms with van der Waals surface area (Å²) in [7, 11) is 0. The van der Waals surface area contributed by atoms with Crippen LogP contribution in [0.3, 0.4) is 0 Å². The minimum atomic E-state index is -0.675. The van der Waals surface area contributed by atoms with Crippen molar-refractivity contribution in [3.05, 3.63) is 24.3 Å². The van der Waals surface area contributed by atoms with E-state index in [2.05, 4.69) is 27.7 Å². The number of unbranched alkanes of at least 4 members (excludes halogenated alkanes) is 1. The summed E-state index contributed by atoms with van der Waals surface area (Å²) >= 11 is 0. The van der Waals surface area contributed by atoms with Gasteiger partial charge in [-0.3, -0.25) is 4.79 Å². The molecule has 1 unspecified atom stereocenters. The summed E-state index contributed by atoms with van der Waals surface area (Å²) in [6, 6.07) is 6.79. The number of tetrazole rings is 1. The Hall–Kier alpha value is -3.17. The Kier molecular flexibility index (Phi) is 9.40. The first-order valence-electron chi connectivity index (χ1n) is 11.6. The third kappa shape index (κ3) is 10.2. The molecule has 1 N–H and O–H groups in total. The molecule has 1 heterocycles. The van der Waals surface area contributed by atoms with Crippen LogP contribution in [-0.4, -0.2) is 56.1 Å². The number of aromatic nitrogens is 4. The summed E-state index contributed by atoms with van der Waals surface area (Å²) in [6.45, 7) is 13.6. The Balaban J connectivity index is 2.08. The van der Waals surface area contributed by atoms with Crippen molar-refractivity contribution in [2.75, 3.05) is 6.61 Å². The minimum absolute atomic E-state index is 0.0722. The molecule has 0 aliphatic heterocycles. The second-order valence-corrected chi connectivity index (χ2v) is 10.0. The number of benzene rings is 1. The molecule has 0 saturated carbocycles. The van der Waals surface area contributed by atoms with Gasteiger partial charge in [0.1, 0.15) is 17.0 Å². The van der Waals surface area contributed by atoms with Gasteiger partial charge in [-0.25, -0.2) is 4.79 Å². The molecule has 1 atom stereocenters. The highest BCUT2D eigenvalue weighted by molar-refractivity contribution is 5.73. The molecule has 188 valence electrons. The van der Waals surface area contributed by atoms with E-state index in [0.29, 0.717) is 12.4 Å². The summed E-state index contributed by atoms with van der Waals surface area (Å²) in [5.74, 6) is 0.754. The van der Waals surface area contributed by atoms with E-state index in [1.54, 1.807) is 41.5 Å². The average molecular weight is 476 g/mol. The van der Waals surface area contributed by atoms with Crippen LogP contribution in [0.5, 0.6) is 5.75 Å². The van der Waals surface area contributed by atoms with E-state index >= 15 is 0 Å². The van der Waals surface area contributed by atoms with Crippen molar-refractivity contribution in [1.29, 1.82) is 0 Å². The molecule has 2 aromatic rings. The topological polar surface area (TPSA) is 117 Å². The molecular weight excluding hydrogens is 438 g/mol. The summed E-state index contributed by atoms with van der Waals surface area (Å²) in [5, 5.41) is 15.3. The Morgan fingerprint density at radius 2 is 1.68 bits per heavy atom. The summed E-state index contributed by atoms with van der Waals surface area (Å²) in [5.41, 5.74) is -0.539. The van der Waals surface area contributed by atoms with Crippen LogP contribution in [0, 0.1) is 0 Å². The van der Waals surface area contributed by atoms with E-state index < -0.39 is 29.3 Å². The first kappa shape index (κ1) is 27.1. The van der Waals surface area contributed by atoms with Gasteiger partial charge in [-0.05, 0) is 77.4 Å². The van der Waals surface area contributed by atoms with Crippen LogP contribution >= 0.6 is 0 Å². The maximum atomic E-state index is 12.4. The number of carbonyl (C=O) groups excluding carboxylic acids is 2. The third-order valence-corrected chi connectivity index (χ3v) is 4.27. The molecule has 2 rings (SSSR count). The molecule has 10 heteroatoms. The zero-order chi connectivity index (χ0) is 25.4. The van der Waals surface area contributed by atoms with Gasteiger partial charge in [-0.2, -0.15) is 4.80 Å². The van der Waals surface area contributed by atoms with Gasteiger partial charge in [-0.1, -0.05) is 13.3 Å². The predicted molar refractivity (Wildman–Crippen MR) is 127 cm³/mol. The minimum Gasteiger partial charge on any atom is -0.494 e. The first-order valence-corrected chi connectivity index (χ1v) is 11.6. The van der Waals surface area contributed by atoms with Crippen LogP contribution in [0.4, 0.5) is 4.79 Å². The van der Waals surface area contributed by atoms with Crippen LogP contribution < -0.4 is 10.1 Å². The van der Waals surface area contributed by atoms with Crippen molar-refractivity contribution in [1.82, 2.24) is 25.5 Å². The largest absolute Gasteiger partial charge is 0.494 e. The fraction of sp³-hybridized carbons (Fsp3) is 0.625. The predicted octanol–water partition coefficient (Wildman–Crippen LogP) is 4.14. The second kappa shape index (κ2) is 11.8. The van der Waals surface area contributed by atoms with E-state index in [-0.39, 0.29) is 13.0 Å². The molecule has 0 radical (unpaired) electrons. The van der Waals surface area contributed by atoms with Crippen LogP contribution in [0.25, 0.3) is 11.4 Å². The summed E-state index contributed by atoms with van der Waals surface area (Å²) in [4.78, 5) is 26.0. The highest BCUT2D eigenvalue weighted by Gasteiger charge is 2.25. The van der Waals surface area contributed by atoms with Crippen LogP contribution in [0.1, 0.15) is 67.7 Å². The number of amides is 1. The molecule has 34 heavy (non-hydrogen) atoms. The SMILES string of the molecule is CCCCOc1ccc(-c2nnn(CC(CC(=O)OC(C)(C)C)NC(=O)OC(C)(C)C)n2)cc1. The van der Waals surface area contributed by atoms with Crippen LogP contribution in [0.2, 0.25) is 0 Å². The number of nitrogens with zero attached hydrogens (tertiary/aromatic N) is 4. The molecule has 0 aliphatic carbocycles. The highest BCUT2D eigenvalue weighted by atomic mass is 16.6. The number of hydrogen-bond acceptors (Lipinski definition) is 8. The summed E-state index contributed by atoms with van der Waals surface area (Å²) < 4.78 is 16.4. The number of alkyl carbamates (subject to hydrolysis) is 1. The Morgan fingerprint density at radius 3 is 2.26 bits per heavy atom. The van der Waals surface area contributed by atoms with Gasteiger partial charge in [0.25, 0.3) is 0 Å². The van der Waals surface area contributed by atoms with Gasteiger partial charge in [0.15, 0.2) is 0 Å². The lowest BCUT2D eigenvalue weighted by molar-refractivity contribution is -0.155. The maximum Gasteiger partial charge on any atom is 0.407 e. The number of ether oxygens (including phenoxy) is 3. The molecule has 1 aromatic heterocycles.